The predicted molar refractivity (Wildman–Crippen MR) is 65.6 cm³/mol. The zero-order valence-electron chi connectivity index (χ0n) is 10.3. The molecule has 0 aliphatic heterocycles. The van der Waals surface area contributed by atoms with Gasteiger partial charge >= 0.3 is 0 Å². The van der Waals surface area contributed by atoms with Gasteiger partial charge in [-0.3, -0.25) is 4.79 Å². The van der Waals surface area contributed by atoms with Gasteiger partial charge in [-0.1, -0.05) is 12.8 Å². The second kappa shape index (κ2) is 4.87. The third-order valence-electron chi connectivity index (χ3n) is 3.38. The van der Waals surface area contributed by atoms with Crippen LogP contribution in [0.1, 0.15) is 43.1 Å². The van der Waals surface area contributed by atoms with Gasteiger partial charge in [0.05, 0.1) is 6.33 Å². The number of rotatable bonds is 4. The van der Waals surface area contributed by atoms with E-state index in [1.54, 1.807) is 12.5 Å². The minimum Gasteiger partial charge on any atom is -0.345 e. The van der Waals surface area contributed by atoms with Crippen molar-refractivity contribution in [2.45, 2.75) is 44.7 Å². The lowest BCUT2D eigenvalue weighted by Crippen LogP contribution is -2.43. The molecular formula is C12H20N4O. The zero-order valence-corrected chi connectivity index (χ0v) is 10.3. The Morgan fingerprint density at radius 2 is 2.29 bits per heavy atom. The summed E-state index contributed by atoms with van der Waals surface area (Å²) in [6.45, 7) is 3.35. The topological polar surface area (TPSA) is 72.9 Å². The Morgan fingerprint density at radius 3 is 2.94 bits per heavy atom. The lowest BCUT2D eigenvalue weighted by atomic mass is 10.0. The number of amides is 1. The van der Waals surface area contributed by atoms with E-state index >= 15 is 0 Å². The standard InChI is InChI=1S/C12H20N4O/c1-12(4-2-3-5-12)15-11(17)10-8-16(7-6-13)9-14-10/h8-9H,2-7,13H2,1H3,(H,15,17). The zero-order chi connectivity index (χ0) is 12.3. The maximum absolute atomic E-state index is 12.0. The Hall–Kier alpha value is -1.36. The van der Waals surface area contributed by atoms with Crippen LogP contribution < -0.4 is 11.1 Å². The summed E-state index contributed by atoms with van der Waals surface area (Å²) >= 11 is 0. The lowest BCUT2D eigenvalue weighted by molar-refractivity contribution is 0.0903. The fourth-order valence-electron chi connectivity index (χ4n) is 2.37. The molecule has 0 saturated heterocycles. The Bertz CT molecular complexity index is 393. The van der Waals surface area contributed by atoms with Crippen LogP contribution in [0.5, 0.6) is 0 Å². The van der Waals surface area contributed by atoms with Crippen molar-refractivity contribution < 1.29 is 4.79 Å². The molecule has 94 valence electrons. The molecule has 1 fully saturated rings. The first kappa shape index (κ1) is 12.1. The molecule has 0 atom stereocenters. The van der Waals surface area contributed by atoms with Crippen molar-refractivity contribution >= 4 is 5.91 Å². The van der Waals surface area contributed by atoms with Crippen LogP contribution in [0, 0.1) is 0 Å². The minimum atomic E-state index is -0.0785. The van der Waals surface area contributed by atoms with Crippen LogP contribution in [-0.4, -0.2) is 27.5 Å². The average molecular weight is 236 g/mol. The molecule has 5 nitrogen and oxygen atoms in total. The second-order valence-corrected chi connectivity index (χ2v) is 5.01. The third-order valence-corrected chi connectivity index (χ3v) is 3.38. The average Bonchev–Trinajstić information content (AvgIpc) is 2.88. The fourth-order valence-corrected chi connectivity index (χ4v) is 2.37. The van der Waals surface area contributed by atoms with Crippen molar-refractivity contribution in [2.75, 3.05) is 6.54 Å². The van der Waals surface area contributed by atoms with Crippen molar-refractivity contribution in [1.29, 1.82) is 0 Å². The Balaban J connectivity index is 1.98. The van der Waals surface area contributed by atoms with Crippen LogP contribution in [0.4, 0.5) is 0 Å². The number of hydrogen-bond donors (Lipinski definition) is 2. The van der Waals surface area contributed by atoms with Crippen LogP contribution >= 0.6 is 0 Å². The maximum atomic E-state index is 12.0. The van der Waals surface area contributed by atoms with E-state index in [4.69, 9.17) is 5.73 Å². The number of nitrogens with zero attached hydrogens (tertiary/aromatic N) is 2. The van der Waals surface area contributed by atoms with Gasteiger partial charge in [-0.25, -0.2) is 4.98 Å². The van der Waals surface area contributed by atoms with E-state index in [9.17, 15) is 4.79 Å². The molecule has 3 N–H and O–H groups in total. The Kier molecular flexibility index (Phi) is 3.47. The molecule has 1 aromatic heterocycles. The Morgan fingerprint density at radius 1 is 1.59 bits per heavy atom. The molecule has 1 heterocycles. The van der Waals surface area contributed by atoms with Crippen LogP contribution in [0.15, 0.2) is 12.5 Å². The van der Waals surface area contributed by atoms with Gasteiger partial charge in [-0.2, -0.15) is 0 Å². The predicted octanol–water partition coefficient (Wildman–Crippen LogP) is 0.904. The molecule has 0 bridgehead atoms. The van der Waals surface area contributed by atoms with Crippen molar-refractivity contribution in [3.8, 4) is 0 Å². The number of nitrogens with two attached hydrogens (primary N) is 1. The van der Waals surface area contributed by atoms with Crippen molar-refractivity contribution in [2.24, 2.45) is 5.73 Å². The molecular weight excluding hydrogens is 216 g/mol. The van der Waals surface area contributed by atoms with Gasteiger partial charge in [0.2, 0.25) is 0 Å². The number of imidazole rings is 1. The number of carbonyl (C=O) groups excluding carboxylic acids is 1. The van der Waals surface area contributed by atoms with Crippen LogP contribution in [-0.2, 0) is 6.54 Å². The number of nitrogens with one attached hydrogen (secondary N) is 1. The molecule has 1 aliphatic carbocycles. The molecule has 2 rings (SSSR count). The summed E-state index contributed by atoms with van der Waals surface area (Å²) < 4.78 is 1.84. The number of aromatic nitrogens is 2. The minimum absolute atomic E-state index is 0.0469. The molecule has 5 heteroatoms. The third kappa shape index (κ3) is 2.85. The van der Waals surface area contributed by atoms with E-state index < -0.39 is 0 Å². The van der Waals surface area contributed by atoms with Gasteiger partial charge in [0, 0.05) is 24.8 Å². The van der Waals surface area contributed by atoms with Gasteiger partial charge in [0.25, 0.3) is 5.91 Å². The highest BCUT2D eigenvalue weighted by molar-refractivity contribution is 5.92. The van der Waals surface area contributed by atoms with E-state index in [0.29, 0.717) is 18.8 Å². The molecule has 0 unspecified atom stereocenters. The summed E-state index contributed by atoms with van der Waals surface area (Å²) in [5, 5.41) is 3.08. The maximum Gasteiger partial charge on any atom is 0.271 e. The summed E-state index contributed by atoms with van der Waals surface area (Å²) in [4.78, 5) is 16.1. The van der Waals surface area contributed by atoms with E-state index in [0.717, 1.165) is 12.8 Å². The van der Waals surface area contributed by atoms with E-state index in [2.05, 4.69) is 17.2 Å². The van der Waals surface area contributed by atoms with Gasteiger partial charge in [0.1, 0.15) is 5.69 Å². The highest BCUT2D eigenvalue weighted by Gasteiger charge is 2.30. The number of carbonyl (C=O) groups is 1. The van der Waals surface area contributed by atoms with Crippen LogP contribution in [0.25, 0.3) is 0 Å². The SMILES string of the molecule is CC1(NC(=O)c2cn(CCN)cn2)CCCC1. The first-order chi connectivity index (χ1) is 8.13. The van der Waals surface area contributed by atoms with Gasteiger partial charge < -0.3 is 15.6 Å². The molecule has 17 heavy (non-hydrogen) atoms. The molecule has 0 radical (unpaired) electrons. The van der Waals surface area contributed by atoms with Gasteiger partial charge in [0.15, 0.2) is 0 Å². The van der Waals surface area contributed by atoms with Crippen molar-refractivity contribution in [3.05, 3.63) is 18.2 Å². The highest BCUT2D eigenvalue weighted by Crippen LogP contribution is 2.28. The van der Waals surface area contributed by atoms with Crippen molar-refractivity contribution in [1.82, 2.24) is 14.9 Å². The summed E-state index contributed by atoms with van der Waals surface area (Å²) in [5.74, 6) is -0.0785. The highest BCUT2D eigenvalue weighted by atomic mass is 16.2. The van der Waals surface area contributed by atoms with E-state index in [-0.39, 0.29) is 11.4 Å². The molecule has 1 amide bonds. The van der Waals surface area contributed by atoms with Gasteiger partial charge in [-0.15, -0.1) is 0 Å². The smallest absolute Gasteiger partial charge is 0.271 e. The van der Waals surface area contributed by atoms with Gasteiger partial charge in [-0.05, 0) is 19.8 Å². The fraction of sp³-hybridized carbons (Fsp3) is 0.667. The van der Waals surface area contributed by atoms with Crippen LogP contribution in [0.3, 0.4) is 0 Å². The first-order valence-electron chi connectivity index (χ1n) is 6.17. The Labute approximate surface area is 101 Å². The molecule has 0 aromatic carbocycles. The van der Waals surface area contributed by atoms with E-state index in [1.165, 1.54) is 12.8 Å². The molecule has 1 saturated carbocycles. The number of hydrogen-bond acceptors (Lipinski definition) is 3. The quantitative estimate of drug-likeness (QED) is 0.816. The normalized spacial score (nSPS) is 18.2. The monoisotopic (exact) mass is 236 g/mol. The molecule has 0 spiro atoms. The summed E-state index contributed by atoms with van der Waals surface area (Å²) in [6, 6.07) is 0. The summed E-state index contributed by atoms with van der Waals surface area (Å²) in [5.41, 5.74) is 5.88. The lowest BCUT2D eigenvalue weighted by Gasteiger charge is -2.24. The summed E-state index contributed by atoms with van der Waals surface area (Å²) in [7, 11) is 0. The first-order valence-corrected chi connectivity index (χ1v) is 6.17. The summed E-state index contributed by atoms with van der Waals surface area (Å²) in [6.07, 6.45) is 7.90. The largest absolute Gasteiger partial charge is 0.345 e. The van der Waals surface area contributed by atoms with Crippen LogP contribution in [0.2, 0.25) is 0 Å². The van der Waals surface area contributed by atoms with E-state index in [1.807, 2.05) is 4.57 Å². The molecule has 1 aliphatic rings. The van der Waals surface area contributed by atoms with Crippen molar-refractivity contribution in [3.63, 3.8) is 0 Å². The molecule has 1 aromatic rings. The second-order valence-electron chi connectivity index (χ2n) is 5.01.